The highest BCUT2D eigenvalue weighted by Gasteiger charge is 2.20. The van der Waals surface area contributed by atoms with E-state index in [0.717, 1.165) is 0 Å². The molecule has 0 bridgehead atoms. The molecule has 0 amide bonds. The van der Waals surface area contributed by atoms with Crippen LogP contribution in [0.25, 0.3) is 0 Å². The second kappa shape index (κ2) is 5.63. The lowest BCUT2D eigenvalue weighted by atomic mass is 10.2. The summed E-state index contributed by atoms with van der Waals surface area (Å²) in [6, 6.07) is 14.6. The lowest BCUT2D eigenvalue weighted by Gasteiger charge is -2.12. The predicted octanol–water partition coefficient (Wildman–Crippen LogP) is 2.37. The summed E-state index contributed by atoms with van der Waals surface area (Å²) < 4.78 is 32.1. The summed E-state index contributed by atoms with van der Waals surface area (Å²) in [5, 5.41) is 8.98. The van der Waals surface area contributed by atoms with E-state index in [4.69, 9.17) is 10.00 Å². The molecular formula is C14H12N2O3S. The fraction of sp³-hybridized carbons (Fsp3) is 0.0714. The molecule has 0 atom stereocenters. The van der Waals surface area contributed by atoms with Gasteiger partial charge >= 0.3 is 0 Å². The summed E-state index contributed by atoms with van der Waals surface area (Å²) in [5.74, 6) is 0.245. The highest BCUT2D eigenvalue weighted by atomic mass is 32.2. The highest BCUT2D eigenvalue weighted by Crippen LogP contribution is 2.26. The second-order valence-corrected chi connectivity index (χ2v) is 5.56. The van der Waals surface area contributed by atoms with E-state index in [0.29, 0.717) is 0 Å². The van der Waals surface area contributed by atoms with Crippen molar-refractivity contribution in [3.63, 3.8) is 0 Å². The number of hydrogen-bond acceptors (Lipinski definition) is 4. The molecule has 0 radical (unpaired) electrons. The van der Waals surface area contributed by atoms with Gasteiger partial charge in [-0.05, 0) is 24.3 Å². The molecule has 20 heavy (non-hydrogen) atoms. The van der Waals surface area contributed by atoms with E-state index in [1.807, 2.05) is 6.07 Å². The zero-order chi connectivity index (χ0) is 14.6. The minimum absolute atomic E-state index is 0.0234. The molecule has 1 N–H and O–H groups in total. The second-order valence-electron chi connectivity index (χ2n) is 3.91. The van der Waals surface area contributed by atoms with E-state index < -0.39 is 10.0 Å². The van der Waals surface area contributed by atoms with Gasteiger partial charge in [-0.1, -0.05) is 24.3 Å². The lowest BCUT2D eigenvalue weighted by Crippen LogP contribution is -2.14. The van der Waals surface area contributed by atoms with Crippen molar-refractivity contribution < 1.29 is 13.2 Å². The van der Waals surface area contributed by atoms with Crippen molar-refractivity contribution in [2.24, 2.45) is 0 Å². The quantitative estimate of drug-likeness (QED) is 0.936. The number of anilines is 1. The van der Waals surface area contributed by atoms with E-state index in [-0.39, 0.29) is 21.9 Å². The maximum atomic E-state index is 12.3. The van der Waals surface area contributed by atoms with Crippen molar-refractivity contribution in [3.05, 3.63) is 54.1 Å². The number of benzene rings is 2. The maximum absolute atomic E-state index is 12.3. The average molecular weight is 288 g/mol. The van der Waals surface area contributed by atoms with Crippen molar-refractivity contribution in [1.29, 1.82) is 5.26 Å². The third-order valence-corrected chi connectivity index (χ3v) is 4.06. The van der Waals surface area contributed by atoms with Crippen molar-refractivity contribution >= 4 is 15.7 Å². The number of nitriles is 1. The number of hydrogen-bond donors (Lipinski definition) is 1. The molecular weight excluding hydrogens is 276 g/mol. The molecule has 0 saturated carbocycles. The predicted molar refractivity (Wildman–Crippen MR) is 75.0 cm³/mol. The molecule has 0 saturated heterocycles. The Morgan fingerprint density at radius 2 is 1.75 bits per heavy atom. The molecule has 102 valence electrons. The van der Waals surface area contributed by atoms with Crippen LogP contribution in [0.5, 0.6) is 5.75 Å². The molecule has 6 heteroatoms. The Balaban J connectivity index is 2.44. The molecule has 2 aromatic carbocycles. The third kappa shape index (κ3) is 2.73. The van der Waals surface area contributed by atoms with Crippen LogP contribution in [-0.4, -0.2) is 15.5 Å². The van der Waals surface area contributed by atoms with Gasteiger partial charge in [-0.25, -0.2) is 8.42 Å². The van der Waals surface area contributed by atoms with Gasteiger partial charge in [0.25, 0.3) is 10.0 Å². The summed E-state index contributed by atoms with van der Waals surface area (Å²) in [7, 11) is -2.41. The fourth-order valence-electron chi connectivity index (χ4n) is 1.71. The van der Waals surface area contributed by atoms with Gasteiger partial charge in [-0.15, -0.1) is 0 Å². The van der Waals surface area contributed by atoms with Crippen molar-refractivity contribution in [2.45, 2.75) is 4.90 Å². The van der Waals surface area contributed by atoms with Gasteiger partial charge in [0.1, 0.15) is 16.7 Å². The number of methoxy groups -OCH3 is 1. The van der Waals surface area contributed by atoms with Gasteiger partial charge in [0, 0.05) is 0 Å². The molecule has 0 heterocycles. The van der Waals surface area contributed by atoms with Gasteiger partial charge in [-0.2, -0.15) is 5.26 Å². The van der Waals surface area contributed by atoms with Gasteiger partial charge in [0.05, 0.1) is 18.4 Å². The third-order valence-electron chi connectivity index (χ3n) is 2.65. The number of nitrogens with zero attached hydrogens (tertiary/aromatic N) is 1. The Hall–Kier alpha value is -2.52. The topological polar surface area (TPSA) is 79.2 Å². The monoisotopic (exact) mass is 288 g/mol. The Morgan fingerprint density at radius 1 is 1.10 bits per heavy atom. The Morgan fingerprint density at radius 3 is 2.45 bits per heavy atom. The summed E-state index contributed by atoms with van der Waals surface area (Å²) in [6.07, 6.45) is 0. The van der Waals surface area contributed by atoms with Crippen LogP contribution >= 0.6 is 0 Å². The number of sulfonamides is 1. The van der Waals surface area contributed by atoms with Gasteiger partial charge in [0.2, 0.25) is 0 Å². The molecule has 2 aromatic rings. The van der Waals surface area contributed by atoms with E-state index in [9.17, 15) is 8.42 Å². The van der Waals surface area contributed by atoms with Crippen LogP contribution in [0.3, 0.4) is 0 Å². The summed E-state index contributed by atoms with van der Waals surface area (Å²) in [6.45, 7) is 0. The number of ether oxygens (including phenoxy) is 1. The van der Waals surface area contributed by atoms with Crippen LogP contribution in [0.15, 0.2) is 53.4 Å². The van der Waals surface area contributed by atoms with E-state index >= 15 is 0 Å². The average Bonchev–Trinajstić information content (AvgIpc) is 2.47. The van der Waals surface area contributed by atoms with Crippen molar-refractivity contribution in [3.8, 4) is 11.8 Å². The first-order valence-corrected chi connectivity index (χ1v) is 7.22. The zero-order valence-electron chi connectivity index (χ0n) is 10.7. The Labute approximate surface area is 117 Å². The largest absolute Gasteiger partial charge is 0.495 e. The minimum Gasteiger partial charge on any atom is -0.495 e. The van der Waals surface area contributed by atoms with Gasteiger partial charge < -0.3 is 4.74 Å². The maximum Gasteiger partial charge on any atom is 0.265 e. The molecule has 2 rings (SSSR count). The summed E-state index contributed by atoms with van der Waals surface area (Å²) in [5.41, 5.74) is 0.492. The SMILES string of the molecule is COc1ccccc1S(=O)(=O)Nc1ccccc1C#N. The van der Waals surface area contributed by atoms with Crippen LogP contribution in [0.4, 0.5) is 5.69 Å². The molecule has 0 spiro atoms. The standard InChI is InChI=1S/C14H12N2O3S/c1-19-13-8-4-5-9-14(13)20(17,18)16-12-7-3-2-6-11(12)10-15/h2-9,16H,1H3. The van der Waals surface area contributed by atoms with E-state index in [1.165, 1.54) is 19.2 Å². The summed E-state index contributed by atoms with van der Waals surface area (Å²) >= 11 is 0. The van der Waals surface area contributed by atoms with Crippen molar-refractivity contribution in [2.75, 3.05) is 11.8 Å². The number of rotatable bonds is 4. The number of nitrogens with one attached hydrogen (secondary N) is 1. The van der Waals surface area contributed by atoms with Gasteiger partial charge in [-0.3, -0.25) is 4.72 Å². The van der Waals surface area contributed by atoms with E-state index in [1.54, 1.807) is 36.4 Å². The Kier molecular flexibility index (Phi) is 3.91. The van der Waals surface area contributed by atoms with Crippen LogP contribution < -0.4 is 9.46 Å². The lowest BCUT2D eigenvalue weighted by molar-refractivity contribution is 0.403. The molecule has 0 unspecified atom stereocenters. The zero-order valence-corrected chi connectivity index (χ0v) is 11.5. The van der Waals surface area contributed by atoms with E-state index in [2.05, 4.69) is 4.72 Å². The number of para-hydroxylation sites is 2. The first-order chi connectivity index (χ1) is 9.58. The van der Waals surface area contributed by atoms with Crippen LogP contribution in [0.1, 0.15) is 5.56 Å². The summed E-state index contributed by atoms with van der Waals surface area (Å²) in [4.78, 5) is 0.0234. The normalized spacial score (nSPS) is 10.6. The van der Waals surface area contributed by atoms with Crippen LogP contribution in [-0.2, 0) is 10.0 Å². The minimum atomic E-state index is -3.81. The van der Waals surface area contributed by atoms with Crippen LogP contribution in [0, 0.1) is 11.3 Å². The molecule has 0 aliphatic rings. The molecule has 0 aliphatic heterocycles. The first-order valence-electron chi connectivity index (χ1n) is 5.73. The van der Waals surface area contributed by atoms with Crippen molar-refractivity contribution in [1.82, 2.24) is 0 Å². The first kappa shape index (κ1) is 13.9. The van der Waals surface area contributed by atoms with Gasteiger partial charge in [0.15, 0.2) is 0 Å². The Bertz CT molecular complexity index is 764. The highest BCUT2D eigenvalue weighted by molar-refractivity contribution is 7.92. The fourth-order valence-corrected chi connectivity index (χ4v) is 2.96. The molecule has 0 aliphatic carbocycles. The smallest absolute Gasteiger partial charge is 0.265 e. The molecule has 5 nitrogen and oxygen atoms in total. The van der Waals surface area contributed by atoms with Crippen LogP contribution in [0.2, 0.25) is 0 Å². The molecule has 0 aromatic heterocycles. The molecule has 0 fully saturated rings.